The van der Waals surface area contributed by atoms with Gasteiger partial charge in [0, 0.05) is 20.3 Å². The highest BCUT2D eigenvalue weighted by atomic mass is 16.7. The summed E-state index contributed by atoms with van der Waals surface area (Å²) in [4.78, 5) is 21.5. The average molecular weight is 272 g/mol. The lowest BCUT2D eigenvalue weighted by Crippen LogP contribution is -2.24. The first-order valence-electron chi connectivity index (χ1n) is 5.55. The summed E-state index contributed by atoms with van der Waals surface area (Å²) in [6.07, 6.45) is 0.733. The molecule has 9 nitrogen and oxygen atoms in total. The Labute approximate surface area is 109 Å². The van der Waals surface area contributed by atoms with Crippen molar-refractivity contribution in [3.05, 3.63) is 6.20 Å². The lowest BCUT2D eigenvalue weighted by molar-refractivity contribution is -0.189. The number of aromatic nitrogens is 3. The van der Waals surface area contributed by atoms with Gasteiger partial charge in [-0.25, -0.2) is 4.68 Å². The molecule has 0 saturated heterocycles. The van der Waals surface area contributed by atoms with E-state index in [1.54, 1.807) is 0 Å². The molecule has 1 heterocycles. The van der Waals surface area contributed by atoms with Crippen LogP contribution in [0.25, 0.3) is 0 Å². The summed E-state index contributed by atoms with van der Waals surface area (Å²) in [7, 11) is 0. The Kier molecular flexibility index (Phi) is 5.73. The highest BCUT2D eigenvalue weighted by Crippen LogP contribution is 2.06. The van der Waals surface area contributed by atoms with Crippen molar-refractivity contribution in [2.24, 2.45) is 0 Å². The fourth-order valence-corrected chi connectivity index (χ4v) is 1.18. The number of nitrogen functional groups attached to an aromatic ring is 1. The van der Waals surface area contributed by atoms with E-state index < -0.39 is 18.2 Å². The monoisotopic (exact) mass is 272 g/mol. The number of hydrogen-bond donors (Lipinski definition) is 1. The number of nitrogens with zero attached hydrogens (tertiary/aromatic N) is 3. The number of rotatable bonds is 7. The molecule has 0 saturated carbocycles. The van der Waals surface area contributed by atoms with Gasteiger partial charge in [0.25, 0.3) is 0 Å². The number of esters is 2. The molecule has 0 fully saturated rings. The van der Waals surface area contributed by atoms with Gasteiger partial charge in [-0.15, -0.1) is 5.10 Å². The van der Waals surface area contributed by atoms with Crippen LogP contribution in [0.4, 0.5) is 5.82 Å². The zero-order valence-corrected chi connectivity index (χ0v) is 10.7. The van der Waals surface area contributed by atoms with E-state index in [2.05, 4.69) is 10.3 Å². The van der Waals surface area contributed by atoms with Crippen molar-refractivity contribution in [1.82, 2.24) is 15.0 Å². The predicted molar refractivity (Wildman–Crippen MR) is 62.3 cm³/mol. The van der Waals surface area contributed by atoms with Crippen molar-refractivity contribution in [1.29, 1.82) is 0 Å². The van der Waals surface area contributed by atoms with Crippen molar-refractivity contribution in [3.8, 4) is 0 Å². The molecule has 0 amide bonds. The van der Waals surface area contributed by atoms with Gasteiger partial charge >= 0.3 is 11.9 Å². The molecular weight excluding hydrogens is 256 g/mol. The molecule has 0 aliphatic heterocycles. The minimum absolute atomic E-state index is 0.0240. The predicted octanol–water partition coefficient (Wildman–Crippen LogP) is -0.323. The third kappa shape index (κ3) is 5.82. The largest absolute Gasteiger partial charge is 0.466 e. The first kappa shape index (κ1) is 14.9. The summed E-state index contributed by atoms with van der Waals surface area (Å²) in [6, 6.07) is 0. The second kappa shape index (κ2) is 7.31. The molecule has 0 aromatic carbocycles. The Morgan fingerprint density at radius 2 is 2.16 bits per heavy atom. The Morgan fingerprint density at radius 1 is 1.42 bits per heavy atom. The maximum absolute atomic E-state index is 10.9. The standard InChI is InChI=1S/C10H16N4O5/c1-7(15)17-4-3-10(19-8(2)16)18-6-14-9(11)5-12-13-14/h5,10H,3-4,6,11H2,1-2H3. The van der Waals surface area contributed by atoms with E-state index in [0.29, 0.717) is 5.82 Å². The maximum Gasteiger partial charge on any atom is 0.304 e. The average Bonchev–Trinajstić information content (AvgIpc) is 2.70. The third-order valence-corrected chi connectivity index (χ3v) is 1.99. The van der Waals surface area contributed by atoms with Crippen molar-refractivity contribution in [2.75, 3.05) is 12.3 Å². The van der Waals surface area contributed by atoms with Gasteiger partial charge in [0.1, 0.15) is 12.5 Å². The van der Waals surface area contributed by atoms with Gasteiger partial charge < -0.3 is 19.9 Å². The molecule has 1 aromatic heterocycles. The molecule has 2 N–H and O–H groups in total. The number of anilines is 1. The van der Waals surface area contributed by atoms with Crippen LogP contribution in [0.3, 0.4) is 0 Å². The van der Waals surface area contributed by atoms with Gasteiger partial charge in [-0.2, -0.15) is 0 Å². The molecule has 19 heavy (non-hydrogen) atoms. The second-order valence-corrected chi connectivity index (χ2v) is 3.62. The van der Waals surface area contributed by atoms with Crippen LogP contribution < -0.4 is 5.73 Å². The molecule has 0 aliphatic rings. The second-order valence-electron chi connectivity index (χ2n) is 3.62. The van der Waals surface area contributed by atoms with Gasteiger partial charge in [0.05, 0.1) is 12.8 Å². The lowest BCUT2D eigenvalue weighted by Gasteiger charge is -2.17. The Morgan fingerprint density at radius 3 is 2.68 bits per heavy atom. The molecular formula is C10H16N4O5. The summed E-state index contributed by atoms with van der Waals surface area (Å²) >= 11 is 0. The topological polar surface area (TPSA) is 119 Å². The van der Waals surface area contributed by atoms with E-state index in [0.717, 1.165) is 0 Å². The highest BCUT2D eigenvalue weighted by Gasteiger charge is 2.14. The van der Waals surface area contributed by atoms with Crippen molar-refractivity contribution in [3.63, 3.8) is 0 Å². The molecule has 1 atom stereocenters. The lowest BCUT2D eigenvalue weighted by atomic mass is 10.4. The van der Waals surface area contributed by atoms with Crippen LogP contribution in [-0.4, -0.2) is 39.8 Å². The molecule has 9 heteroatoms. The smallest absolute Gasteiger partial charge is 0.304 e. The summed E-state index contributed by atoms with van der Waals surface area (Å²) < 4.78 is 16.3. The first-order chi connectivity index (χ1) is 8.99. The summed E-state index contributed by atoms with van der Waals surface area (Å²) in [5.74, 6) is -0.594. The van der Waals surface area contributed by atoms with Crippen LogP contribution in [0.15, 0.2) is 6.20 Å². The van der Waals surface area contributed by atoms with E-state index >= 15 is 0 Å². The van der Waals surface area contributed by atoms with Gasteiger partial charge in [0.2, 0.25) is 6.29 Å². The van der Waals surface area contributed by atoms with E-state index in [1.165, 1.54) is 24.7 Å². The Bertz CT molecular complexity index is 433. The Balaban J connectivity index is 2.42. The normalized spacial score (nSPS) is 11.9. The molecule has 106 valence electrons. The molecule has 0 aliphatic carbocycles. The van der Waals surface area contributed by atoms with E-state index in [4.69, 9.17) is 19.9 Å². The van der Waals surface area contributed by atoms with Crippen LogP contribution in [0.5, 0.6) is 0 Å². The minimum atomic E-state index is -0.847. The van der Waals surface area contributed by atoms with Crippen LogP contribution in [0.1, 0.15) is 20.3 Å². The van der Waals surface area contributed by atoms with Crippen LogP contribution in [0, 0.1) is 0 Å². The molecule has 1 aromatic rings. The fourth-order valence-electron chi connectivity index (χ4n) is 1.18. The molecule has 0 spiro atoms. The summed E-state index contributed by atoms with van der Waals surface area (Å²) in [5, 5.41) is 7.24. The molecule has 1 rings (SSSR count). The van der Waals surface area contributed by atoms with Gasteiger partial charge in [-0.1, -0.05) is 5.21 Å². The number of nitrogens with two attached hydrogens (primary N) is 1. The molecule has 1 unspecified atom stereocenters. The molecule has 0 bridgehead atoms. The number of carbonyl (C=O) groups excluding carboxylic acids is 2. The Hall–Kier alpha value is -2.16. The third-order valence-electron chi connectivity index (χ3n) is 1.99. The zero-order chi connectivity index (χ0) is 14.3. The van der Waals surface area contributed by atoms with Crippen LogP contribution in [0.2, 0.25) is 0 Å². The minimum Gasteiger partial charge on any atom is -0.466 e. The van der Waals surface area contributed by atoms with Crippen LogP contribution >= 0.6 is 0 Å². The van der Waals surface area contributed by atoms with Gasteiger partial charge in [-0.05, 0) is 0 Å². The zero-order valence-electron chi connectivity index (χ0n) is 10.7. The summed E-state index contributed by atoms with van der Waals surface area (Å²) in [5.41, 5.74) is 5.55. The van der Waals surface area contributed by atoms with Gasteiger partial charge in [-0.3, -0.25) is 9.59 Å². The summed E-state index contributed by atoms with van der Waals surface area (Å²) in [6.45, 7) is 2.60. The first-order valence-corrected chi connectivity index (χ1v) is 5.55. The number of hydrogen-bond acceptors (Lipinski definition) is 8. The highest BCUT2D eigenvalue weighted by molar-refractivity contribution is 5.66. The van der Waals surface area contributed by atoms with Gasteiger partial charge in [0.15, 0.2) is 0 Å². The van der Waals surface area contributed by atoms with Crippen LogP contribution in [-0.2, 0) is 30.5 Å². The van der Waals surface area contributed by atoms with E-state index in [-0.39, 0.29) is 19.8 Å². The van der Waals surface area contributed by atoms with E-state index in [1.807, 2.05) is 0 Å². The van der Waals surface area contributed by atoms with Crippen molar-refractivity contribution < 1.29 is 23.8 Å². The maximum atomic E-state index is 10.9. The number of carbonyl (C=O) groups is 2. The van der Waals surface area contributed by atoms with Crippen molar-refractivity contribution in [2.45, 2.75) is 33.3 Å². The van der Waals surface area contributed by atoms with E-state index in [9.17, 15) is 9.59 Å². The molecule has 0 radical (unpaired) electrons. The SMILES string of the molecule is CC(=O)OCCC(OCn1nncc1N)OC(C)=O. The fraction of sp³-hybridized carbons (Fsp3) is 0.600. The quantitative estimate of drug-likeness (QED) is 0.529. The number of ether oxygens (including phenoxy) is 3. The van der Waals surface area contributed by atoms with Crippen molar-refractivity contribution >= 4 is 17.8 Å².